The molecule has 0 radical (unpaired) electrons. The molecule has 3 heteroatoms. The second kappa shape index (κ2) is 14.1. The number of unbranched alkanes of at least 4 members (excludes halogenated alkanes) is 1. The third-order valence-corrected chi connectivity index (χ3v) is 2.02. The molecule has 1 aromatic rings. The number of rotatable bonds is 3. The van der Waals surface area contributed by atoms with Crippen molar-refractivity contribution in [2.24, 2.45) is 5.73 Å². The number of benzene rings is 1. The van der Waals surface area contributed by atoms with Crippen LogP contribution >= 0.6 is 0 Å². The predicted molar refractivity (Wildman–Crippen MR) is 69.8 cm³/mol. The van der Waals surface area contributed by atoms with E-state index in [1.165, 1.54) is 18.4 Å². The molecule has 4 N–H and O–H groups in total. The van der Waals surface area contributed by atoms with Crippen molar-refractivity contribution in [1.82, 2.24) is 0 Å². The van der Waals surface area contributed by atoms with E-state index in [4.69, 9.17) is 16.2 Å². The van der Waals surface area contributed by atoms with Gasteiger partial charge in [-0.2, -0.15) is 0 Å². The minimum absolute atomic E-state index is 0.659. The summed E-state index contributed by atoms with van der Waals surface area (Å²) in [4.78, 5) is 0. The van der Waals surface area contributed by atoms with Gasteiger partial charge < -0.3 is 5.73 Å². The van der Waals surface area contributed by atoms with Crippen LogP contribution in [0.4, 0.5) is 0 Å². The first-order valence-electron chi connectivity index (χ1n) is 5.67. The summed E-state index contributed by atoms with van der Waals surface area (Å²) in [5.74, 6) is 0.659. The lowest BCUT2D eigenvalue weighted by molar-refractivity contribution is -0.176. The van der Waals surface area contributed by atoms with Crippen molar-refractivity contribution in [1.29, 1.82) is 0 Å². The van der Waals surface area contributed by atoms with Gasteiger partial charge in [0.15, 0.2) is 0 Å². The molecule has 3 nitrogen and oxygen atoms in total. The highest BCUT2D eigenvalue weighted by Crippen LogP contribution is 2.11. The number of hydrogen-bond donors (Lipinski definition) is 3. The summed E-state index contributed by atoms with van der Waals surface area (Å²) in [5, 5.41) is 12.0. The Labute approximate surface area is 98.9 Å². The summed E-state index contributed by atoms with van der Waals surface area (Å²) in [6, 6.07) is 10.5. The molecule has 0 aliphatic carbocycles. The molecule has 0 aliphatic heterocycles. The van der Waals surface area contributed by atoms with Crippen molar-refractivity contribution >= 4 is 0 Å². The highest BCUT2D eigenvalue weighted by molar-refractivity contribution is 5.17. The van der Waals surface area contributed by atoms with Crippen LogP contribution in [0.5, 0.6) is 0 Å². The first-order chi connectivity index (χ1) is 7.72. The maximum atomic E-state index is 6.00. The van der Waals surface area contributed by atoms with E-state index in [0.29, 0.717) is 5.92 Å². The Morgan fingerprint density at radius 3 is 1.81 bits per heavy atom. The van der Waals surface area contributed by atoms with Crippen LogP contribution in [0.3, 0.4) is 0 Å². The lowest BCUT2D eigenvalue weighted by Gasteiger charge is -2.01. The molecule has 0 amide bonds. The van der Waals surface area contributed by atoms with Crippen LogP contribution in [0.25, 0.3) is 0 Å². The van der Waals surface area contributed by atoms with E-state index in [-0.39, 0.29) is 0 Å². The summed E-state index contributed by atoms with van der Waals surface area (Å²) in [6.45, 7) is 7.38. The standard InChI is InChI=1S/C9H12.C4H11N.H2O2/c1-8(2)9-6-4-3-5-7-9;1-2-3-4-5;1-2/h3-8H,1-2H3;2-5H2,1H3;1-2H. The Morgan fingerprint density at radius 1 is 1.12 bits per heavy atom. The van der Waals surface area contributed by atoms with Crippen molar-refractivity contribution in [3.8, 4) is 0 Å². The summed E-state index contributed by atoms with van der Waals surface area (Å²) in [5.41, 5.74) is 6.55. The molecule has 0 bridgehead atoms. The van der Waals surface area contributed by atoms with E-state index in [1.54, 1.807) is 0 Å². The van der Waals surface area contributed by atoms with Gasteiger partial charge in [0.05, 0.1) is 0 Å². The summed E-state index contributed by atoms with van der Waals surface area (Å²) < 4.78 is 0. The second-order valence-electron chi connectivity index (χ2n) is 3.71. The van der Waals surface area contributed by atoms with E-state index in [2.05, 4.69) is 45.0 Å². The Morgan fingerprint density at radius 2 is 1.62 bits per heavy atom. The number of hydrogen-bond acceptors (Lipinski definition) is 3. The highest BCUT2D eigenvalue weighted by atomic mass is 17.0. The van der Waals surface area contributed by atoms with Gasteiger partial charge in [0.25, 0.3) is 0 Å². The summed E-state index contributed by atoms with van der Waals surface area (Å²) in [6.07, 6.45) is 2.39. The largest absolute Gasteiger partial charge is 0.330 e. The molecule has 1 aromatic carbocycles. The Balaban J connectivity index is 0. The first kappa shape index (κ1) is 17.5. The van der Waals surface area contributed by atoms with Crippen LogP contribution in [0.2, 0.25) is 0 Å². The van der Waals surface area contributed by atoms with Crippen molar-refractivity contribution in [3.05, 3.63) is 35.9 Å². The molecule has 0 unspecified atom stereocenters. The van der Waals surface area contributed by atoms with Gasteiger partial charge >= 0.3 is 0 Å². The SMILES string of the molecule is CC(C)c1ccccc1.CCCCN.OO. The van der Waals surface area contributed by atoms with Gasteiger partial charge in [-0.1, -0.05) is 57.5 Å². The Bertz CT molecular complexity index is 210. The van der Waals surface area contributed by atoms with Crippen LogP contribution in [-0.4, -0.2) is 17.1 Å². The lowest BCUT2D eigenvalue weighted by atomic mass is 10.0. The molecule has 94 valence electrons. The maximum absolute atomic E-state index is 6.00. The van der Waals surface area contributed by atoms with Crippen LogP contribution in [0.1, 0.15) is 45.1 Å². The fourth-order valence-corrected chi connectivity index (χ4v) is 1.04. The summed E-state index contributed by atoms with van der Waals surface area (Å²) >= 11 is 0. The second-order valence-corrected chi connectivity index (χ2v) is 3.71. The van der Waals surface area contributed by atoms with Gasteiger partial charge in [-0.3, -0.25) is 10.5 Å². The minimum atomic E-state index is 0.659. The van der Waals surface area contributed by atoms with Gasteiger partial charge in [-0.15, -0.1) is 0 Å². The molecule has 0 atom stereocenters. The molecule has 0 saturated carbocycles. The molecule has 16 heavy (non-hydrogen) atoms. The van der Waals surface area contributed by atoms with Crippen LogP contribution in [0, 0.1) is 0 Å². The predicted octanol–water partition coefficient (Wildman–Crippen LogP) is 3.57. The van der Waals surface area contributed by atoms with Crippen LogP contribution in [-0.2, 0) is 0 Å². The molecule has 0 saturated heterocycles. The molecule has 0 aliphatic rings. The van der Waals surface area contributed by atoms with Crippen LogP contribution < -0.4 is 5.73 Å². The zero-order chi connectivity index (χ0) is 12.8. The average Bonchev–Trinajstić information content (AvgIpc) is 2.34. The minimum Gasteiger partial charge on any atom is -0.330 e. The van der Waals surface area contributed by atoms with Crippen molar-refractivity contribution in [2.75, 3.05) is 6.54 Å². The topological polar surface area (TPSA) is 66.5 Å². The lowest BCUT2D eigenvalue weighted by Crippen LogP contribution is -1.95. The average molecular weight is 227 g/mol. The van der Waals surface area contributed by atoms with E-state index in [0.717, 1.165) is 6.54 Å². The van der Waals surface area contributed by atoms with Gasteiger partial charge in [0.2, 0.25) is 0 Å². The molecule has 0 fully saturated rings. The Hall–Kier alpha value is -0.900. The Kier molecular flexibility index (Phi) is 15.4. The molecule has 0 heterocycles. The van der Waals surface area contributed by atoms with Crippen LogP contribution in [0.15, 0.2) is 30.3 Å². The van der Waals surface area contributed by atoms with Crippen molar-refractivity contribution in [2.45, 2.75) is 39.5 Å². The molecular formula is C13H25NO2. The molecule has 0 aromatic heterocycles. The third-order valence-electron chi connectivity index (χ3n) is 2.02. The monoisotopic (exact) mass is 227 g/mol. The third kappa shape index (κ3) is 11.2. The fraction of sp³-hybridized carbons (Fsp3) is 0.538. The summed E-state index contributed by atoms with van der Waals surface area (Å²) in [7, 11) is 0. The van der Waals surface area contributed by atoms with Crippen molar-refractivity contribution < 1.29 is 10.5 Å². The molecule has 1 rings (SSSR count). The van der Waals surface area contributed by atoms with Gasteiger partial charge in [0, 0.05) is 0 Å². The van der Waals surface area contributed by atoms with E-state index < -0.39 is 0 Å². The molecule has 0 spiro atoms. The zero-order valence-electron chi connectivity index (χ0n) is 10.6. The molecular weight excluding hydrogens is 202 g/mol. The van der Waals surface area contributed by atoms with E-state index in [9.17, 15) is 0 Å². The van der Waals surface area contributed by atoms with Gasteiger partial charge in [-0.05, 0) is 24.4 Å². The fourth-order valence-electron chi connectivity index (χ4n) is 1.04. The highest BCUT2D eigenvalue weighted by Gasteiger charge is 1.93. The first-order valence-corrected chi connectivity index (χ1v) is 5.67. The quantitative estimate of drug-likeness (QED) is 0.546. The van der Waals surface area contributed by atoms with Gasteiger partial charge in [0.1, 0.15) is 0 Å². The van der Waals surface area contributed by atoms with Crippen molar-refractivity contribution in [3.63, 3.8) is 0 Å². The maximum Gasteiger partial charge on any atom is -0.00774 e. The van der Waals surface area contributed by atoms with Gasteiger partial charge in [-0.25, -0.2) is 0 Å². The smallest absolute Gasteiger partial charge is 0.00774 e. The van der Waals surface area contributed by atoms with E-state index >= 15 is 0 Å². The normalized spacial score (nSPS) is 8.69. The van der Waals surface area contributed by atoms with E-state index in [1.807, 2.05) is 6.07 Å². The number of nitrogens with two attached hydrogens (primary N) is 1. The zero-order valence-corrected chi connectivity index (χ0v) is 10.6.